The van der Waals surface area contributed by atoms with Crippen molar-refractivity contribution in [2.45, 2.75) is 64.7 Å². The number of hydrogen-bond donors (Lipinski definition) is 3. The smallest absolute Gasteiger partial charge is 0.331 e. The maximum atomic E-state index is 13.7. The molecule has 0 bridgehead atoms. The largest absolute Gasteiger partial charge is 0.444 e. The topological polar surface area (TPSA) is 95.9 Å². The van der Waals surface area contributed by atoms with Crippen LogP contribution in [0.1, 0.15) is 46.1 Å². The van der Waals surface area contributed by atoms with Crippen LogP contribution in [-0.4, -0.2) is 46.9 Å². The van der Waals surface area contributed by atoms with Gasteiger partial charge in [0.05, 0.1) is 17.9 Å². The van der Waals surface area contributed by atoms with Gasteiger partial charge in [-0.2, -0.15) is 0 Å². The molecule has 1 aromatic rings. The molecule has 1 saturated heterocycles. The van der Waals surface area contributed by atoms with Gasteiger partial charge in [-0.3, -0.25) is 4.79 Å². The Morgan fingerprint density at radius 1 is 1.06 bits per heavy atom. The number of esters is 1. The van der Waals surface area contributed by atoms with Crippen LogP contribution in [0.5, 0.6) is 0 Å². The van der Waals surface area contributed by atoms with Crippen LogP contribution in [0.25, 0.3) is 0 Å². The highest BCUT2D eigenvalue weighted by Crippen LogP contribution is 2.50. The van der Waals surface area contributed by atoms with E-state index in [9.17, 15) is 14.7 Å². The van der Waals surface area contributed by atoms with Gasteiger partial charge < -0.3 is 20.3 Å². The summed E-state index contributed by atoms with van der Waals surface area (Å²) in [5.41, 5.74) is 1.38. The minimum Gasteiger partial charge on any atom is -0.444 e. The highest BCUT2D eigenvalue weighted by atomic mass is 16.6. The van der Waals surface area contributed by atoms with Gasteiger partial charge in [-0.15, -0.1) is 0 Å². The van der Waals surface area contributed by atoms with Gasteiger partial charge in [0, 0.05) is 19.2 Å². The van der Waals surface area contributed by atoms with E-state index in [1.807, 2.05) is 56.3 Å². The molecule has 0 saturated carbocycles. The van der Waals surface area contributed by atoms with Gasteiger partial charge in [0.1, 0.15) is 0 Å². The third-order valence-corrected chi connectivity index (χ3v) is 7.69. The Hall–Kier alpha value is -2.70. The second kappa shape index (κ2) is 11.4. The summed E-state index contributed by atoms with van der Waals surface area (Å²) < 4.78 is 6.10. The van der Waals surface area contributed by atoms with Crippen molar-refractivity contribution in [1.82, 2.24) is 5.32 Å². The highest BCUT2D eigenvalue weighted by Gasteiger charge is 2.66. The van der Waals surface area contributed by atoms with Gasteiger partial charge in [0.2, 0.25) is 5.60 Å². The second-order valence-electron chi connectivity index (χ2n) is 10.1. The second-order valence-corrected chi connectivity index (χ2v) is 10.1. The molecule has 0 aromatic heterocycles. The normalized spacial score (nSPS) is 36.8. The van der Waals surface area contributed by atoms with Crippen LogP contribution in [-0.2, 0) is 20.7 Å². The maximum Gasteiger partial charge on any atom is 0.331 e. The number of aliphatic hydroxyl groups excluding tert-OH is 2. The molecule has 3 aliphatic rings. The van der Waals surface area contributed by atoms with Gasteiger partial charge in [0.25, 0.3) is 5.91 Å². The van der Waals surface area contributed by atoms with E-state index >= 15 is 0 Å². The SMILES string of the molecule is CC1=C(C)[C@H]2[C@H](Cc3ccccc3)NC(=O)[C@]23OC(=O)/C=C/[C@H](C)C[C@@H](C)C/C=C/[C@H]3[C@@H]1O.CO. The molecular weight excluding hydrogens is 442 g/mol. The third kappa shape index (κ3) is 5.29. The molecule has 6 heteroatoms. The number of amides is 1. The lowest BCUT2D eigenvalue weighted by atomic mass is 9.63. The Labute approximate surface area is 208 Å². The summed E-state index contributed by atoms with van der Waals surface area (Å²) in [5.74, 6) is -1.21. The monoisotopic (exact) mass is 481 g/mol. The zero-order valence-electron chi connectivity index (χ0n) is 21.4. The molecule has 1 aromatic carbocycles. The Bertz CT molecular complexity index is 998. The van der Waals surface area contributed by atoms with E-state index in [4.69, 9.17) is 9.84 Å². The number of allylic oxidation sites excluding steroid dienone is 2. The molecule has 3 N–H and O–H groups in total. The van der Waals surface area contributed by atoms with E-state index in [-0.39, 0.29) is 23.8 Å². The molecule has 190 valence electrons. The van der Waals surface area contributed by atoms with E-state index in [1.165, 1.54) is 6.08 Å². The average molecular weight is 482 g/mol. The quantitative estimate of drug-likeness (QED) is 0.442. The van der Waals surface area contributed by atoms with Crippen molar-refractivity contribution in [1.29, 1.82) is 0 Å². The molecule has 0 radical (unpaired) electrons. The molecule has 35 heavy (non-hydrogen) atoms. The Morgan fingerprint density at radius 3 is 2.43 bits per heavy atom. The minimum absolute atomic E-state index is 0.230. The predicted molar refractivity (Wildman–Crippen MR) is 136 cm³/mol. The van der Waals surface area contributed by atoms with Crippen molar-refractivity contribution in [3.63, 3.8) is 0 Å². The standard InChI is InChI=1S/C28H35NO4.CH4O/c1-17-9-8-12-22-26(31)20(4)19(3)25-23(16-21-10-6-5-7-11-21)29-27(32)28(22,25)33-24(30)14-13-18(2)15-17;1-2/h5-8,10-14,17-18,22-23,25-26,31H,9,15-16H2,1-4H3,(H,29,32);2H,1H3/b12-8+,14-13+;/t17-,18-,22-,23-,25-,26+,28+;/m0./s1. The van der Waals surface area contributed by atoms with Crippen LogP contribution in [0, 0.1) is 23.7 Å². The van der Waals surface area contributed by atoms with Crippen molar-refractivity contribution in [2.75, 3.05) is 7.11 Å². The zero-order valence-corrected chi connectivity index (χ0v) is 21.4. The van der Waals surface area contributed by atoms with Crippen LogP contribution in [0.4, 0.5) is 0 Å². The molecule has 0 unspecified atom stereocenters. The van der Waals surface area contributed by atoms with E-state index < -0.39 is 23.6 Å². The van der Waals surface area contributed by atoms with Gasteiger partial charge in [-0.1, -0.05) is 68.0 Å². The van der Waals surface area contributed by atoms with Crippen molar-refractivity contribution < 1.29 is 24.5 Å². The number of carbonyl (C=O) groups excluding carboxylic acids is 2. The van der Waals surface area contributed by atoms with Gasteiger partial charge >= 0.3 is 5.97 Å². The van der Waals surface area contributed by atoms with E-state index in [1.54, 1.807) is 0 Å². The van der Waals surface area contributed by atoms with E-state index in [0.717, 1.165) is 36.7 Å². The summed E-state index contributed by atoms with van der Waals surface area (Å²) in [6, 6.07) is 9.77. The zero-order chi connectivity index (χ0) is 25.8. The van der Waals surface area contributed by atoms with Crippen LogP contribution in [0.2, 0.25) is 0 Å². The summed E-state index contributed by atoms with van der Waals surface area (Å²) >= 11 is 0. The predicted octanol–water partition coefficient (Wildman–Crippen LogP) is 3.74. The first-order valence-electron chi connectivity index (χ1n) is 12.5. The first kappa shape index (κ1) is 26.9. The Morgan fingerprint density at radius 2 is 1.74 bits per heavy atom. The molecule has 4 rings (SSSR count). The first-order valence-corrected chi connectivity index (χ1v) is 12.5. The molecule has 1 aliphatic carbocycles. The molecule has 1 amide bonds. The fraction of sp³-hybridized carbons (Fsp3) is 0.517. The summed E-state index contributed by atoms with van der Waals surface area (Å²) in [4.78, 5) is 26.7. The van der Waals surface area contributed by atoms with Gasteiger partial charge in [0.15, 0.2) is 0 Å². The molecule has 1 fully saturated rings. The number of nitrogens with one attached hydrogen (secondary N) is 1. The summed E-state index contributed by atoms with van der Waals surface area (Å²) in [6.45, 7) is 8.13. The average Bonchev–Trinajstić information content (AvgIpc) is 3.11. The van der Waals surface area contributed by atoms with Crippen molar-refractivity contribution in [3.05, 3.63) is 71.3 Å². The Kier molecular flexibility index (Phi) is 8.73. The number of hydrogen-bond acceptors (Lipinski definition) is 5. The number of aliphatic hydroxyl groups is 2. The lowest BCUT2D eigenvalue weighted by molar-refractivity contribution is -0.175. The number of ether oxygens (including phenoxy) is 1. The first-order chi connectivity index (χ1) is 16.7. The molecule has 2 heterocycles. The molecule has 2 aliphatic heterocycles. The summed E-state index contributed by atoms with van der Waals surface area (Å²) in [6.07, 6.45) is 8.81. The number of carbonyl (C=O) groups is 2. The molecule has 6 nitrogen and oxygen atoms in total. The minimum atomic E-state index is -1.48. The van der Waals surface area contributed by atoms with Crippen molar-refractivity contribution in [3.8, 4) is 0 Å². The lowest BCUT2D eigenvalue weighted by Crippen LogP contribution is -2.59. The van der Waals surface area contributed by atoms with Crippen LogP contribution in [0.15, 0.2) is 65.8 Å². The number of rotatable bonds is 2. The van der Waals surface area contributed by atoms with E-state index in [0.29, 0.717) is 12.3 Å². The fourth-order valence-corrected chi connectivity index (χ4v) is 5.94. The highest BCUT2D eigenvalue weighted by molar-refractivity contribution is 5.94. The van der Waals surface area contributed by atoms with Crippen LogP contribution in [0.3, 0.4) is 0 Å². The summed E-state index contributed by atoms with van der Waals surface area (Å²) in [5, 5.41) is 21.4. The molecular formula is C29H39NO5. The molecule has 1 spiro atoms. The lowest BCUT2D eigenvalue weighted by Gasteiger charge is -2.46. The van der Waals surface area contributed by atoms with Crippen LogP contribution < -0.4 is 5.32 Å². The summed E-state index contributed by atoms with van der Waals surface area (Å²) in [7, 11) is 1.00. The van der Waals surface area contributed by atoms with Crippen molar-refractivity contribution >= 4 is 11.9 Å². The van der Waals surface area contributed by atoms with Gasteiger partial charge in [-0.05, 0) is 56.1 Å². The fourth-order valence-electron chi connectivity index (χ4n) is 5.94. The Balaban J connectivity index is 0.00000167. The van der Waals surface area contributed by atoms with E-state index in [2.05, 4.69) is 25.2 Å². The van der Waals surface area contributed by atoms with Crippen LogP contribution >= 0.6 is 0 Å². The maximum absolute atomic E-state index is 13.7. The number of benzene rings is 1. The van der Waals surface area contributed by atoms with Crippen molar-refractivity contribution in [2.24, 2.45) is 23.7 Å². The van der Waals surface area contributed by atoms with Gasteiger partial charge in [-0.25, -0.2) is 4.79 Å². The third-order valence-electron chi connectivity index (χ3n) is 7.69. The molecule has 7 atom stereocenters.